The number of amides is 1. The molecule has 1 aromatic rings. The number of nitrogens with zero attached hydrogens (tertiary/aromatic N) is 1. The number of phenols is 1. The van der Waals surface area contributed by atoms with Gasteiger partial charge in [-0.2, -0.15) is 0 Å². The molecule has 3 aliphatic carbocycles. The lowest BCUT2D eigenvalue weighted by molar-refractivity contribution is -0.162. The molecule has 0 saturated carbocycles. The minimum absolute atomic E-state index is 0.0277. The number of aliphatic hydroxyl groups is 4. The topological polar surface area (TPSA) is 208 Å². The Morgan fingerprint density at radius 3 is 2.32 bits per heavy atom. The summed E-state index contributed by atoms with van der Waals surface area (Å²) in [6.07, 6.45) is -1.67. The fraction of sp³-hybridized carbons (Fsp3) is 0.409. The highest BCUT2D eigenvalue weighted by Gasteiger charge is 2.67. The minimum atomic E-state index is -2.96. The van der Waals surface area contributed by atoms with E-state index in [2.05, 4.69) is 0 Å². The SMILES string of the molecule is C[C@H]1c2cc(Cl)c(N)c(O)c2C(=O)C2=C(O)[C@]3(O)C(=O)C(C(N)=O)=C(O)[C@@H](N(C)C)[C@@H]3[C@@H](O)[C@@H]21. The Balaban J connectivity index is 2.07. The number of hydrogen-bond donors (Lipinski definition) is 7. The summed E-state index contributed by atoms with van der Waals surface area (Å²) >= 11 is 6.09. The molecule has 1 aromatic carbocycles. The van der Waals surface area contributed by atoms with Crippen LogP contribution in [-0.2, 0) is 9.59 Å². The van der Waals surface area contributed by atoms with Crippen molar-refractivity contribution in [1.29, 1.82) is 0 Å². The molecule has 0 spiro atoms. The number of halogens is 1. The molecule has 0 radical (unpaired) electrons. The van der Waals surface area contributed by atoms with E-state index in [-0.39, 0.29) is 21.8 Å². The maximum atomic E-state index is 13.5. The third-order valence-corrected chi connectivity index (χ3v) is 7.55. The molecule has 4 rings (SSSR count). The van der Waals surface area contributed by atoms with E-state index in [0.29, 0.717) is 0 Å². The van der Waals surface area contributed by atoms with Gasteiger partial charge in [0.1, 0.15) is 17.1 Å². The van der Waals surface area contributed by atoms with Gasteiger partial charge in [-0.3, -0.25) is 19.3 Å². The Morgan fingerprint density at radius 2 is 1.79 bits per heavy atom. The predicted octanol–water partition coefficient (Wildman–Crippen LogP) is -0.112. The van der Waals surface area contributed by atoms with E-state index in [9.17, 15) is 39.9 Å². The zero-order valence-corrected chi connectivity index (χ0v) is 19.2. The van der Waals surface area contributed by atoms with Gasteiger partial charge in [0.05, 0.1) is 34.3 Å². The number of aromatic hydroxyl groups is 1. The summed E-state index contributed by atoms with van der Waals surface area (Å²) < 4.78 is 0. The van der Waals surface area contributed by atoms with Crippen molar-refractivity contribution in [2.45, 2.75) is 30.6 Å². The molecule has 3 aliphatic rings. The summed E-state index contributed by atoms with van der Waals surface area (Å²) in [6, 6.07) is 0.0458. The maximum absolute atomic E-state index is 13.5. The van der Waals surface area contributed by atoms with Gasteiger partial charge in [0, 0.05) is 11.5 Å². The fourth-order valence-corrected chi connectivity index (χ4v) is 5.87. The molecule has 11 nitrogen and oxygen atoms in total. The number of nitrogen functional groups attached to an aromatic ring is 1. The number of primary amides is 1. The molecular weight excluding hydrogens is 470 g/mol. The number of carbonyl (C=O) groups excluding carboxylic acids is 3. The predicted molar refractivity (Wildman–Crippen MR) is 119 cm³/mol. The number of rotatable bonds is 2. The Morgan fingerprint density at radius 1 is 1.21 bits per heavy atom. The van der Waals surface area contributed by atoms with E-state index in [1.807, 2.05) is 0 Å². The number of phenolic OH excluding ortho intramolecular Hbond substituents is 1. The number of anilines is 1. The second-order valence-corrected chi connectivity index (χ2v) is 9.54. The molecule has 0 aromatic heterocycles. The molecule has 1 amide bonds. The van der Waals surface area contributed by atoms with Crippen molar-refractivity contribution in [1.82, 2.24) is 4.90 Å². The van der Waals surface area contributed by atoms with Gasteiger partial charge in [-0.1, -0.05) is 18.5 Å². The number of nitrogens with two attached hydrogens (primary N) is 2. The van der Waals surface area contributed by atoms with E-state index in [4.69, 9.17) is 23.1 Å². The molecule has 0 bridgehead atoms. The normalized spacial score (nSPS) is 33.1. The zero-order chi connectivity index (χ0) is 25.6. The first kappa shape index (κ1) is 24.0. The van der Waals surface area contributed by atoms with Crippen molar-refractivity contribution in [2.24, 2.45) is 17.6 Å². The monoisotopic (exact) mass is 493 g/mol. The molecule has 182 valence electrons. The molecule has 0 unspecified atom stereocenters. The lowest BCUT2D eigenvalue weighted by atomic mass is 9.55. The average molecular weight is 494 g/mol. The number of ketones is 2. The van der Waals surface area contributed by atoms with Gasteiger partial charge < -0.3 is 37.0 Å². The van der Waals surface area contributed by atoms with Crippen LogP contribution in [0.4, 0.5) is 5.69 Å². The second kappa shape index (κ2) is 7.44. The summed E-state index contributed by atoms with van der Waals surface area (Å²) in [7, 11) is 2.92. The van der Waals surface area contributed by atoms with Crippen molar-refractivity contribution in [3.63, 3.8) is 0 Å². The third kappa shape index (κ3) is 2.72. The standard InChI is InChI=1S/C22H24ClN3O8/c1-5-6-4-7(23)13(24)17(29)9(6)15(27)10-8(5)16(28)12-14(26(2)3)18(30)11(21(25)33)20(32)22(12,34)19(10)31/h4-5,8,12,14,16,28-31,34H,24H2,1-3H3,(H2,25,33)/t5-,8+,12+,14-,16-,22-/m0/s1. The van der Waals surface area contributed by atoms with Crippen molar-refractivity contribution in [2.75, 3.05) is 19.8 Å². The number of benzene rings is 1. The van der Waals surface area contributed by atoms with E-state index >= 15 is 0 Å². The Kier molecular flexibility index (Phi) is 5.26. The van der Waals surface area contributed by atoms with Crippen molar-refractivity contribution < 1.29 is 39.9 Å². The Hall–Kier alpha value is -3.12. The lowest BCUT2D eigenvalue weighted by Gasteiger charge is -2.53. The van der Waals surface area contributed by atoms with Crippen molar-refractivity contribution in [3.05, 3.63) is 44.9 Å². The molecule has 0 saturated heterocycles. The summed E-state index contributed by atoms with van der Waals surface area (Å²) in [5.74, 6) is -9.78. The lowest BCUT2D eigenvalue weighted by Crippen LogP contribution is -2.68. The van der Waals surface area contributed by atoms with Crippen LogP contribution in [0.1, 0.15) is 28.8 Å². The molecule has 6 atom stereocenters. The Labute approximate surface area is 198 Å². The summed E-state index contributed by atoms with van der Waals surface area (Å²) in [6.45, 7) is 1.60. The van der Waals surface area contributed by atoms with Crippen LogP contribution in [0.2, 0.25) is 5.02 Å². The Bertz CT molecular complexity index is 1240. The number of hydrogen-bond acceptors (Lipinski definition) is 10. The molecular formula is C22H24ClN3O8. The van der Waals surface area contributed by atoms with Crippen LogP contribution in [0.25, 0.3) is 0 Å². The molecule has 0 aliphatic heterocycles. The number of aliphatic hydroxyl groups excluding tert-OH is 3. The number of fused-ring (bicyclic) bond motifs is 3. The molecule has 0 fully saturated rings. The van der Waals surface area contributed by atoms with Crippen LogP contribution in [0.5, 0.6) is 5.75 Å². The van der Waals surface area contributed by atoms with Crippen molar-refractivity contribution >= 4 is 34.8 Å². The average Bonchev–Trinajstić information content (AvgIpc) is 2.74. The third-order valence-electron chi connectivity index (χ3n) is 7.24. The quantitative estimate of drug-likeness (QED) is 0.165. The fourth-order valence-electron chi connectivity index (χ4n) is 5.67. The first-order valence-electron chi connectivity index (χ1n) is 10.3. The smallest absolute Gasteiger partial charge is 0.255 e. The number of carbonyl (C=O) groups is 3. The van der Waals surface area contributed by atoms with Gasteiger partial charge in [-0.05, 0) is 31.6 Å². The van der Waals surface area contributed by atoms with Gasteiger partial charge in [0.25, 0.3) is 5.91 Å². The maximum Gasteiger partial charge on any atom is 0.255 e. The highest BCUT2D eigenvalue weighted by molar-refractivity contribution is 6.34. The highest BCUT2D eigenvalue weighted by Crippen LogP contribution is 2.56. The van der Waals surface area contributed by atoms with E-state index < -0.39 is 81.4 Å². The number of Topliss-reactive ketones (excluding diaryl/α,β-unsaturated/α-hetero) is 2. The van der Waals surface area contributed by atoms with Crippen LogP contribution < -0.4 is 11.5 Å². The van der Waals surface area contributed by atoms with Crippen LogP contribution in [0.15, 0.2) is 28.7 Å². The zero-order valence-electron chi connectivity index (χ0n) is 18.4. The van der Waals surface area contributed by atoms with Crippen LogP contribution in [-0.4, -0.2) is 79.7 Å². The number of likely N-dealkylation sites (N-methyl/N-ethyl adjacent to an activating group) is 1. The first-order valence-corrected chi connectivity index (χ1v) is 10.7. The minimum Gasteiger partial charge on any atom is -0.510 e. The van der Waals surface area contributed by atoms with Gasteiger partial charge in [-0.25, -0.2) is 0 Å². The van der Waals surface area contributed by atoms with Crippen molar-refractivity contribution in [3.8, 4) is 5.75 Å². The largest absolute Gasteiger partial charge is 0.510 e. The van der Waals surface area contributed by atoms with E-state index in [1.165, 1.54) is 25.1 Å². The van der Waals surface area contributed by atoms with E-state index in [1.54, 1.807) is 6.92 Å². The summed E-state index contributed by atoms with van der Waals surface area (Å²) in [5.41, 5.74) is 6.28. The van der Waals surface area contributed by atoms with Gasteiger partial charge in [-0.15, -0.1) is 0 Å². The highest BCUT2D eigenvalue weighted by atomic mass is 35.5. The van der Waals surface area contributed by atoms with Gasteiger partial charge in [0.2, 0.25) is 5.78 Å². The van der Waals surface area contributed by atoms with Crippen LogP contribution >= 0.6 is 11.6 Å². The van der Waals surface area contributed by atoms with Gasteiger partial charge in [0.15, 0.2) is 17.1 Å². The van der Waals surface area contributed by atoms with Crippen LogP contribution in [0.3, 0.4) is 0 Å². The molecule has 34 heavy (non-hydrogen) atoms. The summed E-state index contributed by atoms with van der Waals surface area (Å²) in [4.78, 5) is 40.1. The second-order valence-electron chi connectivity index (χ2n) is 9.14. The first-order chi connectivity index (χ1) is 15.7. The summed E-state index contributed by atoms with van der Waals surface area (Å²) in [5, 5.41) is 55.5. The molecule has 0 heterocycles. The molecule has 12 heteroatoms. The molecule has 9 N–H and O–H groups in total. The van der Waals surface area contributed by atoms with Crippen LogP contribution in [0, 0.1) is 11.8 Å². The van der Waals surface area contributed by atoms with E-state index in [0.717, 1.165) is 0 Å². The van der Waals surface area contributed by atoms with Gasteiger partial charge >= 0.3 is 0 Å².